The van der Waals surface area contributed by atoms with E-state index < -0.39 is 10.8 Å². The first-order chi connectivity index (χ1) is 12.9. The highest BCUT2D eigenvalue weighted by molar-refractivity contribution is 6.35. The van der Waals surface area contributed by atoms with Gasteiger partial charge in [-0.15, -0.1) is 5.10 Å². The fourth-order valence-corrected chi connectivity index (χ4v) is 2.44. The first-order valence-electron chi connectivity index (χ1n) is 7.45. The fraction of sp³-hybridized carbons (Fsp3) is 0. The van der Waals surface area contributed by atoms with E-state index in [0.29, 0.717) is 21.2 Å². The maximum Gasteiger partial charge on any atom is 0.322 e. The Balaban J connectivity index is 1.67. The van der Waals surface area contributed by atoms with E-state index in [1.807, 2.05) is 0 Å². The highest BCUT2D eigenvalue weighted by Crippen LogP contribution is 2.30. The average Bonchev–Trinajstić information content (AvgIpc) is 3.10. The van der Waals surface area contributed by atoms with Crippen LogP contribution in [0.15, 0.2) is 53.0 Å². The molecule has 0 aliphatic rings. The molecule has 0 saturated carbocycles. The van der Waals surface area contributed by atoms with Crippen LogP contribution in [0.1, 0.15) is 5.56 Å². The number of benzene rings is 2. The van der Waals surface area contributed by atoms with E-state index in [4.69, 9.17) is 27.6 Å². The van der Waals surface area contributed by atoms with E-state index >= 15 is 0 Å². The highest BCUT2D eigenvalue weighted by atomic mass is 35.5. The van der Waals surface area contributed by atoms with Crippen molar-refractivity contribution in [2.24, 2.45) is 0 Å². The molecule has 0 saturated heterocycles. The van der Waals surface area contributed by atoms with Crippen LogP contribution in [-0.2, 0) is 4.79 Å². The standard InChI is InChI=1S/C17H10Cl2N4O4/c18-11-4-7-14(19)13(9-11)16-21-22-17(27-16)20-15(24)8-3-10-1-5-12(6-2-10)23(25)26/h1-9H,(H,20,22,24)/b8-3+. The molecule has 0 radical (unpaired) electrons. The monoisotopic (exact) mass is 404 g/mol. The third kappa shape index (κ3) is 4.69. The van der Waals surface area contributed by atoms with Crippen molar-refractivity contribution >= 4 is 46.9 Å². The molecule has 3 aromatic rings. The normalized spacial score (nSPS) is 10.9. The van der Waals surface area contributed by atoms with E-state index in [-0.39, 0.29) is 17.6 Å². The summed E-state index contributed by atoms with van der Waals surface area (Å²) in [5.41, 5.74) is 1.03. The van der Waals surface area contributed by atoms with Crippen molar-refractivity contribution in [2.75, 3.05) is 5.32 Å². The van der Waals surface area contributed by atoms with Gasteiger partial charge in [0.1, 0.15) is 0 Å². The second-order valence-corrected chi connectivity index (χ2v) is 6.05. The number of anilines is 1. The molecule has 0 atom stereocenters. The topological polar surface area (TPSA) is 111 Å². The number of nitrogens with one attached hydrogen (secondary N) is 1. The van der Waals surface area contributed by atoms with Gasteiger partial charge < -0.3 is 4.42 Å². The number of nitro benzene ring substituents is 1. The summed E-state index contributed by atoms with van der Waals surface area (Å²) >= 11 is 12.0. The smallest absolute Gasteiger partial charge is 0.322 e. The maximum atomic E-state index is 11.9. The van der Waals surface area contributed by atoms with Crippen molar-refractivity contribution < 1.29 is 14.1 Å². The van der Waals surface area contributed by atoms with Gasteiger partial charge >= 0.3 is 6.01 Å². The second kappa shape index (κ2) is 7.98. The minimum absolute atomic E-state index is 0.0327. The van der Waals surface area contributed by atoms with Crippen LogP contribution in [-0.4, -0.2) is 21.0 Å². The zero-order valence-corrected chi connectivity index (χ0v) is 14.9. The minimum Gasteiger partial charge on any atom is -0.403 e. The molecule has 0 aliphatic carbocycles. The van der Waals surface area contributed by atoms with Gasteiger partial charge in [0.05, 0.1) is 15.5 Å². The number of nitro groups is 1. The average molecular weight is 405 g/mol. The van der Waals surface area contributed by atoms with Crippen molar-refractivity contribution in [1.29, 1.82) is 0 Å². The Morgan fingerprint density at radius 2 is 1.89 bits per heavy atom. The van der Waals surface area contributed by atoms with Crippen LogP contribution in [0.25, 0.3) is 17.5 Å². The van der Waals surface area contributed by atoms with Crippen LogP contribution in [0.5, 0.6) is 0 Å². The van der Waals surface area contributed by atoms with Crippen molar-refractivity contribution in [2.45, 2.75) is 0 Å². The number of hydrogen-bond donors (Lipinski definition) is 1. The Hall–Kier alpha value is -3.23. The molecule has 1 heterocycles. The molecular formula is C17H10Cl2N4O4. The summed E-state index contributed by atoms with van der Waals surface area (Å²) in [4.78, 5) is 22.1. The number of carbonyl (C=O) groups is 1. The van der Waals surface area contributed by atoms with E-state index in [1.54, 1.807) is 18.2 Å². The highest BCUT2D eigenvalue weighted by Gasteiger charge is 2.13. The molecule has 0 fully saturated rings. The van der Waals surface area contributed by atoms with E-state index in [1.165, 1.54) is 36.4 Å². The van der Waals surface area contributed by atoms with E-state index in [0.717, 1.165) is 0 Å². The SMILES string of the molecule is O=C(/C=C/c1ccc([N+](=O)[O-])cc1)Nc1nnc(-c2cc(Cl)ccc2Cl)o1. The lowest BCUT2D eigenvalue weighted by Gasteiger charge is -1.99. The van der Waals surface area contributed by atoms with Crippen LogP contribution in [0, 0.1) is 10.1 Å². The fourth-order valence-electron chi connectivity index (χ4n) is 2.07. The Kier molecular flexibility index (Phi) is 5.49. The summed E-state index contributed by atoms with van der Waals surface area (Å²) in [7, 11) is 0. The molecule has 2 aromatic carbocycles. The Morgan fingerprint density at radius 3 is 2.59 bits per heavy atom. The molecular weight excluding hydrogens is 395 g/mol. The van der Waals surface area contributed by atoms with Gasteiger partial charge in [-0.1, -0.05) is 28.3 Å². The molecule has 1 aromatic heterocycles. The third-order valence-corrected chi connectivity index (χ3v) is 3.91. The third-order valence-electron chi connectivity index (χ3n) is 3.35. The predicted octanol–water partition coefficient (Wildman–Crippen LogP) is 4.60. The first-order valence-corrected chi connectivity index (χ1v) is 8.20. The van der Waals surface area contributed by atoms with Crippen LogP contribution >= 0.6 is 23.2 Å². The van der Waals surface area contributed by atoms with Crippen LogP contribution < -0.4 is 5.32 Å². The van der Waals surface area contributed by atoms with Crippen LogP contribution in [0.3, 0.4) is 0 Å². The number of amides is 1. The summed E-state index contributed by atoms with van der Waals surface area (Å²) in [6, 6.07) is 10.4. The Labute approximate surface area is 162 Å². The molecule has 0 unspecified atom stereocenters. The summed E-state index contributed by atoms with van der Waals surface area (Å²) in [5, 5.41) is 21.4. The summed E-state index contributed by atoms with van der Waals surface area (Å²) in [6.45, 7) is 0. The van der Waals surface area contributed by atoms with Crippen molar-refractivity contribution in [3.05, 3.63) is 74.3 Å². The number of halogens is 2. The molecule has 0 aliphatic heterocycles. The number of carbonyl (C=O) groups excluding carboxylic acids is 1. The summed E-state index contributed by atoms with van der Waals surface area (Å²) in [5.74, 6) is -0.405. The molecule has 8 nitrogen and oxygen atoms in total. The lowest BCUT2D eigenvalue weighted by atomic mass is 10.2. The van der Waals surface area contributed by atoms with Gasteiger partial charge in [0.15, 0.2) is 0 Å². The van der Waals surface area contributed by atoms with Gasteiger partial charge in [0.25, 0.3) is 17.5 Å². The maximum absolute atomic E-state index is 11.9. The first kappa shape index (κ1) is 18.6. The number of non-ortho nitro benzene ring substituents is 1. The van der Waals surface area contributed by atoms with Gasteiger partial charge in [0.2, 0.25) is 0 Å². The molecule has 1 amide bonds. The van der Waals surface area contributed by atoms with Crippen molar-refractivity contribution in [1.82, 2.24) is 10.2 Å². The van der Waals surface area contributed by atoms with Gasteiger partial charge in [-0.05, 0) is 42.0 Å². The quantitative estimate of drug-likeness (QED) is 0.377. The summed E-state index contributed by atoms with van der Waals surface area (Å²) in [6.07, 6.45) is 2.72. The molecule has 10 heteroatoms. The summed E-state index contributed by atoms with van der Waals surface area (Å²) < 4.78 is 5.36. The van der Waals surface area contributed by atoms with Crippen molar-refractivity contribution in [3.63, 3.8) is 0 Å². The number of rotatable bonds is 5. The molecule has 0 bridgehead atoms. The zero-order valence-electron chi connectivity index (χ0n) is 13.4. The molecule has 27 heavy (non-hydrogen) atoms. The van der Waals surface area contributed by atoms with Crippen LogP contribution in [0.2, 0.25) is 10.0 Å². The Bertz CT molecular complexity index is 1030. The molecule has 3 rings (SSSR count). The van der Waals surface area contributed by atoms with Crippen molar-refractivity contribution in [3.8, 4) is 11.5 Å². The van der Waals surface area contributed by atoms with Gasteiger partial charge in [-0.3, -0.25) is 20.2 Å². The predicted molar refractivity (Wildman–Crippen MR) is 101 cm³/mol. The number of nitrogens with zero attached hydrogens (tertiary/aromatic N) is 3. The van der Waals surface area contributed by atoms with E-state index in [2.05, 4.69) is 15.5 Å². The number of hydrogen-bond acceptors (Lipinski definition) is 6. The largest absolute Gasteiger partial charge is 0.403 e. The van der Waals surface area contributed by atoms with E-state index in [9.17, 15) is 14.9 Å². The van der Waals surface area contributed by atoms with Crippen LogP contribution in [0.4, 0.5) is 11.7 Å². The lowest BCUT2D eigenvalue weighted by Crippen LogP contribution is -2.07. The Morgan fingerprint density at radius 1 is 1.15 bits per heavy atom. The van der Waals surface area contributed by atoms with Gasteiger partial charge in [-0.2, -0.15) is 0 Å². The molecule has 0 spiro atoms. The van der Waals surface area contributed by atoms with Gasteiger partial charge in [0, 0.05) is 23.2 Å². The molecule has 1 N–H and O–H groups in total. The minimum atomic E-state index is -0.513. The lowest BCUT2D eigenvalue weighted by molar-refractivity contribution is -0.384. The molecule has 136 valence electrons. The second-order valence-electron chi connectivity index (χ2n) is 5.21. The van der Waals surface area contributed by atoms with Gasteiger partial charge in [-0.25, -0.2) is 0 Å². The number of aromatic nitrogens is 2. The zero-order chi connectivity index (χ0) is 19.4.